The van der Waals surface area contributed by atoms with Crippen LogP contribution in [0.2, 0.25) is 0 Å². The molecule has 0 aliphatic carbocycles. The lowest BCUT2D eigenvalue weighted by Crippen LogP contribution is -2.61. The van der Waals surface area contributed by atoms with Gasteiger partial charge in [-0.3, -0.25) is 0 Å². The predicted octanol–water partition coefficient (Wildman–Crippen LogP) is 18.7. The molecule has 3 heterocycles. The minimum Gasteiger partial charge on any atom is -0.311 e. The van der Waals surface area contributed by atoms with Gasteiger partial charge in [0.15, 0.2) is 0 Å². The van der Waals surface area contributed by atoms with Gasteiger partial charge in [-0.05, 0) is 166 Å². The third-order valence-corrected chi connectivity index (χ3v) is 16.4. The van der Waals surface area contributed by atoms with Gasteiger partial charge >= 0.3 is 0 Å². The van der Waals surface area contributed by atoms with Gasteiger partial charge in [-0.15, -0.1) is 0 Å². The van der Waals surface area contributed by atoms with Gasteiger partial charge in [0.05, 0.1) is 11.4 Å². The number of hydrogen-bond acceptors (Lipinski definition) is 3. The molecule has 0 unspecified atom stereocenters. The minimum absolute atomic E-state index is 0.0205. The smallest absolute Gasteiger partial charge is 0.252 e. The molecule has 2 aliphatic rings. The van der Waals surface area contributed by atoms with E-state index in [1.165, 1.54) is 77.8 Å². The van der Waals surface area contributed by atoms with Gasteiger partial charge in [0.25, 0.3) is 6.71 Å². The number of hydrogen-bond donors (Lipinski definition) is 0. The standard InChI is InChI=1S/C75H72BN3/c1-72(2,3)57-39-53(40-58(47-57)73(4,5)6)54-43-65(55-41-59(74(7,8)9)48-60(42-55)75(10,11)12)77-66(44-54)56-45-69-71-70(46-56)79(62-37-33-52(34-38-62)50-25-17-14-18-26-50)68-30-22-20-28-64(68)76(71)63-27-19-21-29-67(63)78(69)61-35-31-51(32-36-61)49-23-15-13-16-24-49/h13-48H,1-12H3. The molecule has 10 aromatic rings. The van der Waals surface area contributed by atoms with Crippen LogP contribution in [0.4, 0.5) is 34.1 Å². The molecule has 3 nitrogen and oxygen atoms in total. The molecule has 0 radical (unpaired) electrons. The summed E-state index contributed by atoms with van der Waals surface area (Å²) in [4.78, 5) is 10.9. The molecule has 79 heavy (non-hydrogen) atoms. The average molecular weight is 1030 g/mol. The molecule has 0 spiro atoms. The molecule has 390 valence electrons. The normalized spacial score (nSPS) is 13.2. The fourth-order valence-corrected chi connectivity index (χ4v) is 11.8. The second-order valence-corrected chi connectivity index (χ2v) is 26.2. The van der Waals surface area contributed by atoms with Crippen molar-refractivity contribution in [1.29, 1.82) is 0 Å². The van der Waals surface area contributed by atoms with Gasteiger partial charge in [0.1, 0.15) is 0 Å². The Kier molecular flexibility index (Phi) is 12.6. The Hall–Kier alpha value is -8.21. The Morgan fingerprint density at radius 2 is 0.595 bits per heavy atom. The summed E-state index contributed by atoms with van der Waals surface area (Å²) in [5, 5.41) is 0. The highest BCUT2D eigenvalue weighted by Crippen LogP contribution is 2.48. The molecule has 12 rings (SSSR count). The summed E-state index contributed by atoms with van der Waals surface area (Å²) in [6, 6.07) is 82.0. The largest absolute Gasteiger partial charge is 0.311 e. The number of benzene rings is 9. The molecule has 0 saturated heterocycles. The van der Waals surface area contributed by atoms with E-state index in [0.29, 0.717) is 0 Å². The maximum absolute atomic E-state index is 5.89. The van der Waals surface area contributed by atoms with E-state index in [4.69, 9.17) is 4.98 Å². The highest BCUT2D eigenvalue weighted by Gasteiger charge is 2.43. The van der Waals surface area contributed by atoms with Gasteiger partial charge in [-0.1, -0.05) is 229 Å². The molecule has 0 fully saturated rings. The lowest BCUT2D eigenvalue weighted by molar-refractivity contribution is 0.568. The SMILES string of the molecule is CC(C)(C)c1cc(-c2cc(-c3cc(C(C)(C)C)cc(C(C)(C)C)c3)nc(-c3cc4c5c(c3)N(c3ccc(-c6ccccc6)cc3)c3ccccc3B5c3ccccc3N4c3ccc(-c4ccccc4)cc3)c2)cc(C(C)(C)C)c1. The van der Waals surface area contributed by atoms with E-state index in [9.17, 15) is 0 Å². The molecule has 0 bridgehead atoms. The van der Waals surface area contributed by atoms with Gasteiger partial charge in [-0.25, -0.2) is 4.98 Å². The van der Waals surface area contributed by atoms with Crippen molar-refractivity contribution >= 4 is 57.2 Å². The Morgan fingerprint density at radius 1 is 0.278 bits per heavy atom. The second-order valence-electron chi connectivity index (χ2n) is 26.2. The Bertz CT molecular complexity index is 3610. The Balaban J connectivity index is 1.16. The summed E-state index contributed by atoms with van der Waals surface area (Å²) >= 11 is 0. The molecule has 0 atom stereocenters. The highest BCUT2D eigenvalue weighted by molar-refractivity contribution is 7.00. The lowest BCUT2D eigenvalue weighted by atomic mass is 9.33. The molecular weight excluding hydrogens is 954 g/mol. The first-order valence-electron chi connectivity index (χ1n) is 28.3. The zero-order valence-corrected chi connectivity index (χ0v) is 48.2. The van der Waals surface area contributed by atoms with Crippen LogP contribution in [0.1, 0.15) is 105 Å². The quantitative estimate of drug-likeness (QED) is 0.148. The number of fused-ring (bicyclic) bond motifs is 4. The number of rotatable bonds is 7. The highest BCUT2D eigenvalue weighted by atomic mass is 15.2. The average Bonchev–Trinajstić information content (AvgIpc) is 3.36. The van der Waals surface area contributed by atoms with Crippen LogP contribution in [0.3, 0.4) is 0 Å². The zero-order valence-electron chi connectivity index (χ0n) is 48.2. The van der Waals surface area contributed by atoms with Gasteiger partial charge in [0, 0.05) is 45.3 Å². The zero-order chi connectivity index (χ0) is 55.2. The maximum Gasteiger partial charge on any atom is 0.252 e. The number of aromatic nitrogens is 1. The van der Waals surface area contributed by atoms with Crippen LogP contribution in [0.5, 0.6) is 0 Å². The van der Waals surface area contributed by atoms with E-state index in [0.717, 1.165) is 50.8 Å². The Morgan fingerprint density at radius 3 is 0.975 bits per heavy atom. The molecular formula is C75H72BN3. The van der Waals surface area contributed by atoms with Crippen LogP contribution in [0.15, 0.2) is 218 Å². The molecule has 0 amide bonds. The fraction of sp³-hybridized carbons (Fsp3) is 0.213. The topological polar surface area (TPSA) is 19.4 Å². The van der Waals surface area contributed by atoms with E-state index in [1.807, 2.05) is 0 Å². The van der Waals surface area contributed by atoms with Crippen LogP contribution in [0, 0.1) is 0 Å². The number of pyridine rings is 1. The third kappa shape index (κ3) is 9.71. The first-order chi connectivity index (χ1) is 37.7. The fourth-order valence-electron chi connectivity index (χ4n) is 11.8. The molecule has 2 aliphatic heterocycles. The summed E-state index contributed by atoms with van der Waals surface area (Å²) < 4.78 is 0. The van der Waals surface area contributed by atoms with E-state index in [-0.39, 0.29) is 28.4 Å². The van der Waals surface area contributed by atoms with Crippen LogP contribution in [0.25, 0.3) is 55.9 Å². The molecule has 1 aromatic heterocycles. The summed E-state index contributed by atoms with van der Waals surface area (Å²) in [6.45, 7) is 27.9. The van der Waals surface area contributed by atoms with Crippen molar-refractivity contribution in [2.24, 2.45) is 0 Å². The van der Waals surface area contributed by atoms with Crippen molar-refractivity contribution in [3.63, 3.8) is 0 Å². The van der Waals surface area contributed by atoms with E-state index in [2.05, 4.69) is 311 Å². The van der Waals surface area contributed by atoms with E-state index >= 15 is 0 Å². The van der Waals surface area contributed by atoms with Gasteiger partial charge in [-0.2, -0.15) is 0 Å². The molecule has 9 aromatic carbocycles. The van der Waals surface area contributed by atoms with Crippen LogP contribution < -0.4 is 26.2 Å². The first-order valence-corrected chi connectivity index (χ1v) is 28.3. The van der Waals surface area contributed by atoms with Crippen LogP contribution >= 0.6 is 0 Å². The number of anilines is 6. The monoisotopic (exact) mass is 1030 g/mol. The van der Waals surface area contributed by atoms with Crippen molar-refractivity contribution in [2.45, 2.75) is 105 Å². The number of para-hydroxylation sites is 2. The molecule has 0 N–H and O–H groups in total. The minimum atomic E-state index is -0.0745. The number of nitrogens with zero attached hydrogens (tertiary/aromatic N) is 3. The Labute approximate surface area is 470 Å². The van der Waals surface area contributed by atoms with Crippen molar-refractivity contribution < 1.29 is 0 Å². The maximum atomic E-state index is 5.89. The van der Waals surface area contributed by atoms with Crippen molar-refractivity contribution in [3.8, 4) is 55.9 Å². The molecule has 0 saturated carbocycles. The summed E-state index contributed by atoms with van der Waals surface area (Å²) in [7, 11) is 0. The van der Waals surface area contributed by atoms with Gasteiger partial charge in [0.2, 0.25) is 0 Å². The van der Waals surface area contributed by atoms with Gasteiger partial charge < -0.3 is 9.80 Å². The lowest BCUT2D eigenvalue weighted by Gasteiger charge is -2.44. The predicted molar refractivity (Wildman–Crippen MR) is 340 cm³/mol. The van der Waals surface area contributed by atoms with Crippen molar-refractivity contribution in [3.05, 3.63) is 241 Å². The van der Waals surface area contributed by atoms with E-state index < -0.39 is 0 Å². The van der Waals surface area contributed by atoms with Crippen LogP contribution in [-0.4, -0.2) is 11.7 Å². The third-order valence-electron chi connectivity index (χ3n) is 16.4. The summed E-state index contributed by atoms with van der Waals surface area (Å²) in [6.07, 6.45) is 0. The summed E-state index contributed by atoms with van der Waals surface area (Å²) in [5.41, 5.74) is 26.9. The molecule has 4 heteroatoms. The first kappa shape index (κ1) is 51.5. The van der Waals surface area contributed by atoms with Crippen molar-refractivity contribution in [2.75, 3.05) is 9.80 Å². The summed E-state index contributed by atoms with van der Waals surface area (Å²) in [5.74, 6) is 0. The van der Waals surface area contributed by atoms with E-state index in [1.54, 1.807) is 0 Å². The van der Waals surface area contributed by atoms with Crippen LogP contribution in [-0.2, 0) is 21.7 Å². The second kappa shape index (κ2) is 19.3. The van der Waals surface area contributed by atoms with Crippen molar-refractivity contribution in [1.82, 2.24) is 4.98 Å².